The van der Waals surface area contributed by atoms with Crippen molar-refractivity contribution in [2.24, 2.45) is 0 Å². The summed E-state index contributed by atoms with van der Waals surface area (Å²) in [5, 5.41) is 2.85. The number of ether oxygens (including phenoxy) is 3. The van der Waals surface area contributed by atoms with Gasteiger partial charge < -0.3 is 24.4 Å². The molecule has 2 rings (SSSR count). The van der Waals surface area contributed by atoms with E-state index < -0.39 is 6.04 Å². The van der Waals surface area contributed by atoms with Crippen molar-refractivity contribution in [1.29, 1.82) is 0 Å². The summed E-state index contributed by atoms with van der Waals surface area (Å²) in [5.74, 6) is 1.25. The zero-order valence-electron chi connectivity index (χ0n) is 18.0. The van der Waals surface area contributed by atoms with Crippen LogP contribution in [-0.4, -0.2) is 50.1 Å². The van der Waals surface area contributed by atoms with Crippen LogP contribution in [0.5, 0.6) is 17.2 Å². The Labute approximate surface area is 177 Å². The fraction of sp³-hybridized carbons (Fsp3) is 0.391. The van der Waals surface area contributed by atoms with E-state index >= 15 is 0 Å². The maximum Gasteiger partial charge on any atom is 0.261 e. The summed E-state index contributed by atoms with van der Waals surface area (Å²) in [6.45, 7) is 4.33. The van der Waals surface area contributed by atoms with E-state index in [1.807, 2.05) is 37.3 Å². The number of hydrogen-bond acceptors (Lipinski definition) is 5. The van der Waals surface area contributed by atoms with Crippen molar-refractivity contribution in [3.8, 4) is 17.2 Å². The van der Waals surface area contributed by atoms with Crippen LogP contribution in [0.2, 0.25) is 0 Å². The van der Waals surface area contributed by atoms with E-state index in [0.29, 0.717) is 18.0 Å². The van der Waals surface area contributed by atoms with Crippen LogP contribution in [0.15, 0.2) is 48.5 Å². The second kappa shape index (κ2) is 11.7. The molecule has 0 aliphatic rings. The van der Waals surface area contributed by atoms with Crippen LogP contribution >= 0.6 is 0 Å². The van der Waals surface area contributed by atoms with Crippen LogP contribution < -0.4 is 19.5 Å². The molecule has 2 aromatic carbocycles. The SMILES string of the molecule is CCCNC(=O)[C@@H](C)N(Cc1ccc(OC)cc1)C(=O)COc1ccccc1OC. The first kappa shape index (κ1) is 23.1. The first-order valence-electron chi connectivity index (χ1n) is 9.96. The maximum absolute atomic E-state index is 13.0. The third-order valence-corrected chi connectivity index (χ3v) is 4.65. The fourth-order valence-electron chi connectivity index (χ4n) is 2.87. The van der Waals surface area contributed by atoms with Crippen LogP contribution in [0.4, 0.5) is 0 Å². The molecule has 2 aromatic rings. The number of nitrogens with zero attached hydrogens (tertiary/aromatic N) is 1. The van der Waals surface area contributed by atoms with Gasteiger partial charge in [-0.05, 0) is 43.2 Å². The van der Waals surface area contributed by atoms with Gasteiger partial charge in [-0.25, -0.2) is 0 Å². The molecule has 0 spiro atoms. The summed E-state index contributed by atoms with van der Waals surface area (Å²) in [7, 11) is 3.14. The minimum absolute atomic E-state index is 0.198. The Hall–Kier alpha value is -3.22. The van der Waals surface area contributed by atoms with E-state index in [2.05, 4.69) is 5.32 Å². The number of carbonyl (C=O) groups excluding carboxylic acids is 2. The molecular weight excluding hydrogens is 384 g/mol. The normalized spacial score (nSPS) is 11.3. The molecule has 0 aromatic heterocycles. The standard InChI is InChI=1S/C23H30N2O5/c1-5-14-24-23(27)17(2)25(15-18-10-12-19(28-3)13-11-18)22(26)16-30-21-9-7-6-8-20(21)29-4/h6-13,17H,5,14-16H2,1-4H3,(H,24,27)/t17-/m1/s1. The maximum atomic E-state index is 13.0. The third kappa shape index (κ3) is 6.40. The first-order chi connectivity index (χ1) is 14.5. The van der Waals surface area contributed by atoms with Crippen molar-refractivity contribution in [3.05, 3.63) is 54.1 Å². The number of benzene rings is 2. The first-order valence-corrected chi connectivity index (χ1v) is 9.96. The monoisotopic (exact) mass is 414 g/mol. The minimum Gasteiger partial charge on any atom is -0.497 e. The molecule has 0 unspecified atom stereocenters. The van der Waals surface area contributed by atoms with Gasteiger partial charge in [-0.3, -0.25) is 9.59 Å². The number of nitrogens with one attached hydrogen (secondary N) is 1. The van der Waals surface area contributed by atoms with Gasteiger partial charge in [-0.2, -0.15) is 0 Å². The Morgan fingerprint density at radius 1 is 1.00 bits per heavy atom. The van der Waals surface area contributed by atoms with Gasteiger partial charge in [0.25, 0.3) is 5.91 Å². The van der Waals surface area contributed by atoms with E-state index in [9.17, 15) is 9.59 Å². The molecule has 0 saturated carbocycles. The largest absolute Gasteiger partial charge is 0.497 e. The van der Waals surface area contributed by atoms with Crippen molar-refractivity contribution in [2.75, 3.05) is 27.4 Å². The quantitative estimate of drug-likeness (QED) is 0.612. The van der Waals surface area contributed by atoms with Gasteiger partial charge in [0.1, 0.15) is 11.8 Å². The summed E-state index contributed by atoms with van der Waals surface area (Å²) in [4.78, 5) is 27.1. The Balaban J connectivity index is 2.15. The smallest absolute Gasteiger partial charge is 0.261 e. The lowest BCUT2D eigenvalue weighted by Gasteiger charge is -2.29. The topological polar surface area (TPSA) is 77.1 Å². The second-order valence-electron chi connectivity index (χ2n) is 6.78. The highest BCUT2D eigenvalue weighted by atomic mass is 16.5. The molecule has 0 aliphatic heterocycles. The highest BCUT2D eigenvalue weighted by molar-refractivity contribution is 5.88. The molecular formula is C23H30N2O5. The Bertz CT molecular complexity index is 823. The molecule has 0 radical (unpaired) electrons. The number of amides is 2. The van der Waals surface area contributed by atoms with Crippen molar-refractivity contribution in [1.82, 2.24) is 10.2 Å². The predicted molar refractivity (Wildman–Crippen MR) is 115 cm³/mol. The van der Waals surface area contributed by atoms with E-state index in [1.165, 1.54) is 4.90 Å². The van der Waals surface area contributed by atoms with Crippen LogP contribution in [0, 0.1) is 0 Å². The van der Waals surface area contributed by atoms with Crippen molar-refractivity contribution >= 4 is 11.8 Å². The number of hydrogen-bond donors (Lipinski definition) is 1. The second-order valence-corrected chi connectivity index (χ2v) is 6.78. The zero-order valence-corrected chi connectivity index (χ0v) is 18.0. The van der Waals surface area contributed by atoms with Gasteiger partial charge in [0.05, 0.1) is 14.2 Å². The van der Waals surface area contributed by atoms with Gasteiger partial charge in [0.2, 0.25) is 5.91 Å². The van der Waals surface area contributed by atoms with E-state index in [0.717, 1.165) is 17.7 Å². The average Bonchev–Trinajstić information content (AvgIpc) is 2.79. The highest BCUT2D eigenvalue weighted by Gasteiger charge is 2.26. The zero-order chi connectivity index (χ0) is 21.9. The molecule has 7 heteroatoms. The Kier molecular flexibility index (Phi) is 9.00. The summed E-state index contributed by atoms with van der Waals surface area (Å²) in [6, 6.07) is 13.9. The van der Waals surface area contributed by atoms with E-state index in [-0.39, 0.29) is 25.0 Å². The Morgan fingerprint density at radius 2 is 1.67 bits per heavy atom. The molecule has 0 fully saturated rings. The third-order valence-electron chi connectivity index (χ3n) is 4.65. The van der Waals surface area contributed by atoms with Crippen LogP contribution in [0.25, 0.3) is 0 Å². The van der Waals surface area contributed by atoms with Crippen LogP contribution in [0.1, 0.15) is 25.8 Å². The van der Waals surface area contributed by atoms with Gasteiger partial charge in [0, 0.05) is 13.1 Å². The Morgan fingerprint density at radius 3 is 2.27 bits per heavy atom. The van der Waals surface area contributed by atoms with Crippen LogP contribution in [0.3, 0.4) is 0 Å². The number of carbonyl (C=O) groups is 2. The van der Waals surface area contributed by atoms with E-state index in [4.69, 9.17) is 14.2 Å². The molecule has 0 aliphatic carbocycles. The minimum atomic E-state index is -0.646. The molecule has 2 amide bonds. The van der Waals surface area contributed by atoms with Crippen LogP contribution in [-0.2, 0) is 16.1 Å². The average molecular weight is 415 g/mol. The lowest BCUT2D eigenvalue weighted by molar-refractivity contribution is -0.142. The molecule has 0 saturated heterocycles. The highest BCUT2D eigenvalue weighted by Crippen LogP contribution is 2.26. The molecule has 0 bridgehead atoms. The van der Waals surface area contributed by atoms with Gasteiger partial charge >= 0.3 is 0 Å². The summed E-state index contributed by atoms with van der Waals surface area (Å²) in [5.41, 5.74) is 0.886. The molecule has 7 nitrogen and oxygen atoms in total. The molecule has 30 heavy (non-hydrogen) atoms. The lowest BCUT2D eigenvalue weighted by Crippen LogP contribution is -2.49. The number of para-hydroxylation sites is 2. The molecule has 0 heterocycles. The van der Waals surface area contributed by atoms with Gasteiger partial charge in [-0.15, -0.1) is 0 Å². The van der Waals surface area contributed by atoms with Crippen molar-refractivity contribution < 1.29 is 23.8 Å². The van der Waals surface area contributed by atoms with Crippen molar-refractivity contribution in [2.45, 2.75) is 32.9 Å². The summed E-state index contributed by atoms with van der Waals surface area (Å²) in [6.07, 6.45) is 0.821. The molecule has 162 valence electrons. The number of methoxy groups -OCH3 is 2. The molecule has 1 atom stereocenters. The van der Waals surface area contributed by atoms with Crippen molar-refractivity contribution in [3.63, 3.8) is 0 Å². The summed E-state index contributed by atoms with van der Waals surface area (Å²) >= 11 is 0. The van der Waals surface area contributed by atoms with Gasteiger partial charge in [0.15, 0.2) is 18.1 Å². The molecule has 1 N–H and O–H groups in total. The fourth-order valence-corrected chi connectivity index (χ4v) is 2.87. The van der Waals surface area contributed by atoms with Gasteiger partial charge in [-0.1, -0.05) is 31.2 Å². The lowest BCUT2D eigenvalue weighted by atomic mass is 10.1. The predicted octanol–water partition coefficient (Wildman–Crippen LogP) is 3.03. The summed E-state index contributed by atoms with van der Waals surface area (Å²) < 4.78 is 16.1. The van der Waals surface area contributed by atoms with E-state index in [1.54, 1.807) is 39.3 Å². The number of rotatable bonds is 11.